The van der Waals surface area contributed by atoms with Gasteiger partial charge in [-0.25, -0.2) is 4.98 Å². The third-order valence-electron chi connectivity index (χ3n) is 10.2. The fourth-order valence-electron chi connectivity index (χ4n) is 7.82. The van der Waals surface area contributed by atoms with E-state index in [2.05, 4.69) is 163 Å². The standard InChI is InChI=1S/C47H32N2O/c1-4-13-31(14-5-1)33-23-27-36(28-24-33)49(37-29-25-34(26-30-37)32-15-6-2-7-16-32)45-40-20-11-10-19-38(40)39-21-12-22-41-42(39)43(45)44-46(41)50-47(48-44)35-17-8-3-9-18-35/h1-25,27-30,34H,26H2. The van der Waals surface area contributed by atoms with E-state index in [9.17, 15) is 0 Å². The SMILES string of the molecule is C1=CC(c2ccccc2)CC=C1N(c1ccc(-c2ccccc2)cc1)c1c2c3c(cccc3c3ccccc13)-c1oc(-c3ccccc3)nc1-2. The molecule has 2 aliphatic carbocycles. The molecule has 10 rings (SSSR count). The van der Waals surface area contributed by atoms with Gasteiger partial charge in [0.1, 0.15) is 5.69 Å². The number of hydrogen-bond acceptors (Lipinski definition) is 3. The number of fused-ring (bicyclic) bond motifs is 5. The van der Waals surface area contributed by atoms with E-state index in [4.69, 9.17) is 9.40 Å². The Morgan fingerprint density at radius 3 is 1.94 bits per heavy atom. The monoisotopic (exact) mass is 640 g/mol. The summed E-state index contributed by atoms with van der Waals surface area (Å²) in [5, 5.41) is 4.79. The van der Waals surface area contributed by atoms with Gasteiger partial charge in [-0.15, -0.1) is 0 Å². The summed E-state index contributed by atoms with van der Waals surface area (Å²) < 4.78 is 6.67. The fourth-order valence-corrected chi connectivity index (χ4v) is 7.82. The van der Waals surface area contributed by atoms with Crippen molar-refractivity contribution in [2.24, 2.45) is 0 Å². The number of benzene rings is 7. The van der Waals surface area contributed by atoms with Gasteiger partial charge in [0.15, 0.2) is 5.76 Å². The lowest BCUT2D eigenvalue weighted by Gasteiger charge is -2.32. The van der Waals surface area contributed by atoms with E-state index in [0.29, 0.717) is 11.8 Å². The van der Waals surface area contributed by atoms with Crippen LogP contribution in [0.2, 0.25) is 0 Å². The molecule has 0 radical (unpaired) electrons. The molecule has 0 saturated carbocycles. The van der Waals surface area contributed by atoms with Gasteiger partial charge in [-0.2, -0.15) is 0 Å². The molecule has 1 unspecified atom stereocenters. The number of allylic oxidation sites excluding steroid dienone is 3. The Hall–Kier alpha value is -6.45. The summed E-state index contributed by atoms with van der Waals surface area (Å²) in [7, 11) is 0. The molecule has 0 saturated heterocycles. The summed E-state index contributed by atoms with van der Waals surface area (Å²) >= 11 is 0. The summed E-state index contributed by atoms with van der Waals surface area (Å²) in [6.07, 6.45) is 7.97. The van der Waals surface area contributed by atoms with Crippen molar-refractivity contribution in [3.63, 3.8) is 0 Å². The van der Waals surface area contributed by atoms with Crippen molar-refractivity contribution in [2.75, 3.05) is 4.90 Å². The molecule has 0 N–H and O–H groups in total. The van der Waals surface area contributed by atoms with E-state index >= 15 is 0 Å². The molecule has 3 heteroatoms. The summed E-state index contributed by atoms with van der Waals surface area (Å²) in [6, 6.07) is 55.9. The Morgan fingerprint density at radius 1 is 0.580 bits per heavy atom. The predicted molar refractivity (Wildman–Crippen MR) is 206 cm³/mol. The lowest BCUT2D eigenvalue weighted by molar-refractivity contribution is 0.590. The van der Waals surface area contributed by atoms with Gasteiger partial charge < -0.3 is 9.32 Å². The second-order valence-corrected chi connectivity index (χ2v) is 13.0. The van der Waals surface area contributed by atoms with Crippen molar-refractivity contribution < 1.29 is 4.42 Å². The highest BCUT2D eigenvalue weighted by atomic mass is 16.4. The van der Waals surface area contributed by atoms with E-state index in [1.165, 1.54) is 38.2 Å². The van der Waals surface area contributed by atoms with Crippen LogP contribution in [0.15, 0.2) is 186 Å². The van der Waals surface area contributed by atoms with Crippen LogP contribution >= 0.6 is 0 Å². The molecule has 1 aromatic heterocycles. The van der Waals surface area contributed by atoms with Crippen molar-refractivity contribution in [2.45, 2.75) is 12.3 Å². The van der Waals surface area contributed by atoms with Crippen LogP contribution in [-0.2, 0) is 0 Å². The maximum atomic E-state index is 6.67. The third-order valence-corrected chi connectivity index (χ3v) is 10.2. The molecular weight excluding hydrogens is 609 g/mol. The van der Waals surface area contributed by atoms with Crippen molar-refractivity contribution >= 4 is 32.9 Å². The van der Waals surface area contributed by atoms with Crippen molar-refractivity contribution in [3.05, 3.63) is 187 Å². The largest absolute Gasteiger partial charge is 0.435 e. The molecule has 2 aliphatic rings. The normalized spacial score (nSPS) is 14.6. The molecule has 0 aliphatic heterocycles. The quantitative estimate of drug-likeness (QED) is 0.169. The predicted octanol–water partition coefficient (Wildman–Crippen LogP) is 12.7. The van der Waals surface area contributed by atoms with Crippen LogP contribution in [-0.4, -0.2) is 4.98 Å². The van der Waals surface area contributed by atoms with E-state index < -0.39 is 0 Å². The highest BCUT2D eigenvalue weighted by Gasteiger charge is 2.35. The molecule has 0 spiro atoms. The number of aromatic nitrogens is 1. The van der Waals surface area contributed by atoms with E-state index in [1.54, 1.807) is 0 Å². The van der Waals surface area contributed by atoms with Gasteiger partial charge in [0.25, 0.3) is 0 Å². The van der Waals surface area contributed by atoms with Crippen LogP contribution in [0.5, 0.6) is 0 Å². The number of oxazole rings is 1. The first-order chi connectivity index (χ1) is 24.8. The number of hydrogen-bond donors (Lipinski definition) is 0. The van der Waals surface area contributed by atoms with E-state index in [0.717, 1.165) is 51.6 Å². The van der Waals surface area contributed by atoms with Crippen LogP contribution < -0.4 is 4.90 Å². The maximum absolute atomic E-state index is 6.67. The van der Waals surface area contributed by atoms with Gasteiger partial charge in [0, 0.05) is 44.8 Å². The third kappa shape index (κ3) is 4.55. The molecule has 50 heavy (non-hydrogen) atoms. The van der Waals surface area contributed by atoms with Crippen LogP contribution in [0.1, 0.15) is 17.9 Å². The van der Waals surface area contributed by atoms with Crippen molar-refractivity contribution in [1.82, 2.24) is 4.98 Å². The molecule has 8 aromatic rings. The van der Waals surface area contributed by atoms with Gasteiger partial charge >= 0.3 is 0 Å². The Balaban J connectivity index is 1.22. The molecule has 236 valence electrons. The average Bonchev–Trinajstić information content (AvgIpc) is 3.77. The topological polar surface area (TPSA) is 29.3 Å². The van der Waals surface area contributed by atoms with E-state index in [-0.39, 0.29) is 0 Å². The number of nitrogens with zero attached hydrogens (tertiary/aromatic N) is 2. The number of anilines is 2. The maximum Gasteiger partial charge on any atom is 0.227 e. The van der Waals surface area contributed by atoms with Crippen LogP contribution in [0.3, 0.4) is 0 Å². The van der Waals surface area contributed by atoms with Crippen molar-refractivity contribution in [3.8, 4) is 45.2 Å². The Labute approximate surface area is 291 Å². The minimum Gasteiger partial charge on any atom is -0.435 e. The summed E-state index contributed by atoms with van der Waals surface area (Å²) in [4.78, 5) is 7.71. The van der Waals surface area contributed by atoms with Gasteiger partial charge in [-0.05, 0) is 64.2 Å². The van der Waals surface area contributed by atoms with Gasteiger partial charge in [-0.3, -0.25) is 0 Å². The zero-order chi connectivity index (χ0) is 33.0. The highest BCUT2D eigenvalue weighted by Crippen LogP contribution is 2.57. The minimum absolute atomic E-state index is 0.327. The summed E-state index contributed by atoms with van der Waals surface area (Å²) in [5.74, 6) is 1.80. The first-order valence-electron chi connectivity index (χ1n) is 17.3. The average molecular weight is 641 g/mol. The fraction of sp³-hybridized carbons (Fsp3) is 0.0426. The van der Waals surface area contributed by atoms with Crippen LogP contribution in [0, 0.1) is 0 Å². The van der Waals surface area contributed by atoms with E-state index in [1.807, 2.05) is 18.2 Å². The lowest BCUT2D eigenvalue weighted by atomic mass is 9.90. The molecule has 1 atom stereocenters. The first kappa shape index (κ1) is 28.6. The Morgan fingerprint density at radius 2 is 1.22 bits per heavy atom. The second kappa shape index (κ2) is 11.6. The Kier molecular flexibility index (Phi) is 6.63. The summed E-state index contributed by atoms with van der Waals surface area (Å²) in [5.41, 5.74) is 11.1. The molecule has 3 nitrogen and oxygen atoms in total. The zero-order valence-corrected chi connectivity index (χ0v) is 27.3. The molecule has 7 aromatic carbocycles. The van der Waals surface area contributed by atoms with Gasteiger partial charge in [-0.1, -0.05) is 146 Å². The second-order valence-electron chi connectivity index (χ2n) is 13.0. The highest BCUT2D eigenvalue weighted by molar-refractivity contribution is 6.28. The van der Waals surface area contributed by atoms with Crippen LogP contribution in [0.25, 0.3) is 66.7 Å². The first-order valence-corrected chi connectivity index (χ1v) is 17.3. The van der Waals surface area contributed by atoms with Gasteiger partial charge in [0.2, 0.25) is 5.89 Å². The molecule has 0 bridgehead atoms. The molecule has 0 fully saturated rings. The molecule has 1 heterocycles. The molecule has 0 amide bonds. The summed E-state index contributed by atoms with van der Waals surface area (Å²) in [6.45, 7) is 0. The van der Waals surface area contributed by atoms with Crippen molar-refractivity contribution in [1.29, 1.82) is 0 Å². The lowest BCUT2D eigenvalue weighted by Crippen LogP contribution is -2.18. The minimum atomic E-state index is 0.327. The number of rotatable bonds is 6. The Bertz CT molecular complexity index is 2600. The van der Waals surface area contributed by atoms with Crippen LogP contribution in [0.4, 0.5) is 11.4 Å². The smallest absolute Gasteiger partial charge is 0.227 e. The molecular formula is C47H32N2O. The zero-order valence-electron chi connectivity index (χ0n) is 27.3. The van der Waals surface area contributed by atoms with Gasteiger partial charge in [0.05, 0.1) is 5.69 Å².